The Labute approximate surface area is 182 Å². The Morgan fingerprint density at radius 1 is 1.19 bits per heavy atom. The van der Waals surface area contributed by atoms with E-state index in [-0.39, 0.29) is 43.4 Å². The van der Waals surface area contributed by atoms with Crippen molar-refractivity contribution in [2.24, 2.45) is 0 Å². The Kier molecular flexibility index (Phi) is 7.02. The van der Waals surface area contributed by atoms with E-state index in [1.54, 1.807) is 0 Å². The van der Waals surface area contributed by atoms with Crippen LogP contribution in [0.4, 0.5) is 11.7 Å². The third-order valence-corrected chi connectivity index (χ3v) is 6.41. The molecule has 1 amide bonds. The number of aromatic nitrogens is 3. The van der Waals surface area contributed by atoms with Crippen LogP contribution < -0.4 is 10.0 Å². The van der Waals surface area contributed by atoms with E-state index in [1.807, 2.05) is 44.0 Å². The zero-order chi connectivity index (χ0) is 22.8. The van der Waals surface area contributed by atoms with Crippen LogP contribution in [0, 0.1) is 6.92 Å². The molecular weight excluding hydrogens is 424 g/mol. The minimum atomic E-state index is -4.00. The van der Waals surface area contributed by atoms with Crippen molar-refractivity contribution < 1.29 is 22.4 Å². The maximum Gasteiger partial charge on any atom is 0.304 e. The summed E-state index contributed by atoms with van der Waals surface area (Å²) in [7, 11) is -4.00. The van der Waals surface area contributed by atoms with Crippen molar-refractivity contribution in [1.29, 1.82) is 0 Å². The van der Waals surface area contributed by atoms with Gasteiger partial charge in [-0.05, 0) is 33.1 Å². The molecule has 0 unspecified atom stereocenters. The maximum absolute atomic E-state index is 12.5. The molecule has 3 rings (SSSR count). The second-order valence-electron chi connectivity index (χ2n) is 8.00. The van der Waals surface area contributed by atoms with E-state index >= 15 is 0 Å². The molecule has 11 nitrogen and oxygen atoms in total. The predicted molar refractivity (Wildman–Crippen MR) is 115 cm³/mol. The SMILES string of the molecule is Cc1c(Nc2nc(C(=O)NS(=O)(=O)N3CCCOCC3)co2)c(C(C)C)nn1C(C)C. The van der Waals surface area contributed by atoms with E-state index in [0.717, 1.165) is 23.3 Å². The highest BCUT2D eigenvalue weighted by atomic mass is 32.2. The summed E-state index contributed by atoms with van der Waals surface area (Å²) in [6.45, 7) is 11.3. The average Bonchev–Trinajstić information content (AvgIpc) is 3.16. The highest BCUT2D eigenvalue weighted by Gasteiger charge is 2.27. The number of nitrogens with zero attached hydrogens (tertiary/aromatic N) is 4. The van der Waals surface area contributed by atoms with Gasteiger partial charge in [-0.3, -0.25) is 9.48 Å². The standard InChI is InChI=1S/C19H30N6O5S/c1-12(2)16-17(14(5)25(22-16)13(3)4)21-19-20-15(11-30-19)18(26)23-31(27,28)24-7-6-9-29-10-8-24/h11-13H,6-10H2,1-5H3,(H,20,21)(H,23,26). The van der Waals surface area contributed by atoms with Crippen LogP contribution in [0.1, 0.15) is 68.0 Å². The van der Waals surface area contributed by atoms with Crippen LogP contribution in [0.5, 0.6) is 0 Å². The molecule has 0 atom stereocenters. The molecule has 2 aromatic heterocycles. The Balaban J connectivity index is 1.75. The number of carbonyl (C=O) groups is 1. The van der Waals surface area contributed by atoms with Gasteiger partial charge in [0.15, 0.2) is 5.69 Å². The molecule has 0 radical (unpaired) electrons. The maximum atomic E-state index is 12.5. The Morgan fingerprint density at radius 3 is 2.61 bits per heavy atom. The van der Waals surface area contributed by atoms with Crippen molar-refractivity contribution >= 4 is 27.8 Å². The van der Waals surface area contributed by atoms with Gasteiger partial charge in [-0.1, -0.05) is 13.8 Å². The Hall–Kier alpha value is -2.44. The summed E-state index contributed by atoms with van der Waals surface area (Å²) in [5.74, 6) is -0.706. The topological polar surface area (TPSA) is 132 Å². The molecule has 0 aromatic carbocycles. The lowest BCUT2D eigenvalue weighted by Gasteiger charge is -2.18. The number of carbonyl (C=O) groups excluding carboxylic acids is 1. The molecule has 2 aromatic rings. The van der Waals surface area contributed by atoms with Gasteiger partial charge in [-0.15, -0.1) is 0 Å². The number of hydrogen-bond donors (Lipinski definition) is 2. The van der Waals surface area contributed by atoms with Crippen molar-refractivity contribution in [3.8, 4) is 0 Å². The summed E-state index contributed by atoms with van der Waals surface area (Å²) >= 11 is 0. The first kappa shape index (κ1) is 23.2. The van der Waals surface area contributed by atoms with Crippen LogP contribution in [-0.2, 0) is 14.9 Å². The molecule has 1 aliphatic heterocycles. The number of nitrogens with one attached hydrogen (secondary N) is 2. The first-order valence-electron chi connectivity index (χ1n) is 10.3. The third kappa shape index (κ3) is 5.25. The molecule has 12 heteroatoms. The molecule has 0 aliphatic carbocycles. The summed E-state index contributed by atoms with van der Waals surface area (Å²) < 4.78 is 40.8. The molecule has 0 bridgehead atoms. The molecule has 2 N–H and O–H groups in total. The van der Waals surface area contributed by atoms with Gasteiger partial charge in [0.05, 0.1) is 23.7 Å². The highest BCUT2D eigenvalue weighted by Crippen LogP contribution is 2.31. The lowest BCUT2D eigenvalue weighted by atomic mass is 10.1. The summed E-state index contributed by atoms with van der Waals surface area (Å²) in [4.78, 5) is 16.6. The van der Waals surface area contributed by atoms with Gasteiger partial charge in [0.25, 0.3) is 11.9 Å². The molecule has 1 fully saturated rings. The fraction of sp³-hybridized carbons (Fsp3) is 0.632. The number of rotatable bonds is 7. The van der Waals surface area contributed by atoms with E-state index < -0.39 is 16.1 Å². The molecule has 1 aliphatic rings. The molecule has 1 saturated heterocycles. The Bertz CT molecular complexity index is 1020. The Morgan fingerprint density at radius 2 is 1.94 bits per heavy atom. The van der Waals surface area contributed by atoms with Gasteiger partial charge in [-0.2, -0.15) is 22.8 Å². The van der Waals surface area contributed by atoms with Crippen LogP contribution in [0.25, 0.3) is 0 Å². The first-order valence-corrected chi connectivity index (χ1v) is 11.8. The highest BCUT2D eigenvalue weighted by molar-refractivity contribution is 7.87. The van der Waals surface area contributed by atoms with E-state index in [0.29, 0.717) is 13.0 Å². The largest absolute Gasteiger partial charge is 0.431 e. The summed E-state index contributed by atoms with van der Waals surface area (Å²) in [5, 5.41) is 7.75. The molecular formula is C19H30N6O5S. The van der Waals surface area contributed by atoms with Crippen LogP contribution in [0.15, 0.2) is 10.7 Å². The lowest BCUT2D eigenvalue weighted by Crippen LogP contribution is -2.44. The van der Waals surface area contributed by atoms with E-state index in [2.05, 4.69) is 15.4 Å². The van der Waals surface area contributed by atoms with Crippen LogP contribution in [-0.4, -0.2) is 59.7 Å². The minimum absolute atomic E-state index is 0.0824. The number of amides is 1. The van der Waals surface area contributed by atoms with Gasteiger partial charge in [-0.25, -0.2) is 4.72 Å². The molecule has 3 heterocycles. The number of ether oxygens (including phenoxy) is 1. The zero-order valence-electron chi connectivity index (χ0n) is 18.5. The number of oxazole rings is 1. The van der Waals surface area contributed by atoms with Gasteiger partial charge >= 0.3 is 10.2 Å². The average molecular weight is 455 g/mol. The van der Waals surface area contributed by atoms with Crippen LogP contribution in [0.3, 0.4) is 0 Å². The van der Waals surface area contributed by atoms with Crippen LogP contribution >= 0.6 is 0 Å². The lowest BCUT2D eigenvalue weighted by molar-refractivity contribution is 0.0973. The fourth-order valence-corrected chi connectivity index (χ4v) is 4.49. The summed E-state index contributed by atoms with van der Waals surface area (Å²) in [6.07, 6.45) is 1.69. The second kappa shape index (κ2) is 9.37. The van der Waals surface area contributed by atoms with E-state index in [1.165, 1.54) is 4.31 Å². The molecule has 0 spiro atoms. The summed E-state index contributed by atoms with van der Waals surface area (Å²) in [5.41, 5.74) is 2.38. The second-order valence-corrected chi connectivity index (χ2v) is 9.67. The van der Waals surface area contributed by atoms with Gasteiger partial charge in [0.2, 0.25) is 0 Å². The monoisotopic (exact) mass is 454 g/mol. The third-order valence-electron chi connectivity index (χ3n) is 4.92. The zero-order valence-corrected chi connectivity index (χ0v) is 19.3. The summed E-state index contributed by atoms with van der Waals surface area (Å²) in [6, 6.07) is 0.257. The molecule has 172 valence electrons. The van der Waals surface area contributed by atoms with E-state index in [4.69, 9.17) is 9.15 Å². The quantitative estimate of drug-likeness (QED) is 0.651. The van der Waals surface area contributed by atoms with Crippen molar-refractivity contribution in [3.63, 3.8) is 0 Å². The van der Waals surface area contributed by atoms with Gasteiger partial charge in [0.1, 0.15) is 6.26 Å². The number of anilines is 2. The normalized spacial score (nSPS) is 16.0. The first-order chi connectivity index (χ1) is 14.6. The van der Waals surface area contributed by atoms with Gasteiger partial charge in [0, 0.05) is 25.7 Å². The minimum Gasteiger partial charge on any atom is -0.431 e. The molecule has 31 heavy (non-hydrogen) atoms. The number of hydrogen-bond acceptors (Lipinski definition) is 8. The van der Waals surface area contributed by atoms with Crippen molar-refractivity contribution in [2.45, 2.75) is 53.0 Å². The van der Waals surface area contributed by atoms with Crippen molar-refractivity contribution in [1.82, 2.24) is 23.8 Å². The van der Waals surface area contributed by atoms with Gasteiger partial charge < -0.3 is 14.5 Å². The fourth-order valence-electron chi connectivity index (χ4n) is 3.34. The van der Waals surface area contributed by atoms with Crippen molar-refractivity contribution in [3.05, 3.63) is 23.3 Å². The molecule has 0 saturated carbocycles. The van der Waals surface area contributed by atoms with E-state index in [9.17, 15) is 13.2 Å². The van der Waals surface area contributed by atoms with Crippen LogP contribution in [0.2, 0.25) is 0 Å². The van der Waals surface area contributed by atoms with Crippen molar-refractivity contribution in [2.75, 3.05) is 31.6 Å². The predicted octanol–water partition coefficient (Wildman–Crippen LogP) is 2.32. The smallest absolute Gasteiger partial charge is 0.304 e.